The van der Waals surface area contributed by atoms with Gasteiger partial charge in [-0.05, 0) is 30.9 Å². The van der Waals surface area contributed by atoms with Crippen molar-refractivity contribution in [2.75, 3.05) is 5.73 Å². The van der Waals surface area contributed by atoms with E-state index in [1.54, 1.807) is 0 Å². The molecule has 2 N–H and O–H groups in total. The molecule has 19 heavy (non-hydrogen) atoms. The van der Waals surface area contributed by atoms with Crippen molar-refractivity contribution >= 4 is 28.6 Å². The Kier molecular flexibility index (Phi) is 3.65. The number of halogens is 1. The summed E-state index contributed by atoms with van der Waals surface area (Å²) >= 11 is 6.15. The highest BCUT2D eigenvalue weighted by atomic mass is 35.5. The number of nitrogen functional groups attached to an aromatic ring is 1. The molecule has 0 spiro atoms. The molecule has 1 aromatic carbocycles. The molecule has 0 radical (unpaired) electrons. The van der Waals surface area contributed by atoms with E-state index in [-0.39, 0.29) is 0 Å². The number of rotatable bonds is 4. The van der Waals surface area contributed by atoms with Gasteiger partial charge in [-0.25, -0.2) is 4.98 Å². The molecule has 0 atom stereocenters. The van der Waals surface area contributed by atoms with Gasteiger partial charge in [0.05, 0.1) is 10.5 Å². The lowest BCUT2D eigenvalue weighted by Gasteiger charge is -2.10. The van der Waals surface area contributed by atoms with Gasteiger partial charge in [0.15, 0.2) is 0 Å². The number of fused-ring (bicyclic) bond motifs is 1. The van der Waals surface area contributed by atoms with Crippen molar-refractivity contribution in [3.63, 3.8) is 0 Å². The van der Waals surface area contributed by atoms with Gasteiger partial charge in [-0.1, -0.05) is 43.4 Å². The van der Waals surface area contributed by atoms with E-state index in [4.69, 9.17) is 17.3 Å². The molecule has 1 aliphatic carbocycles. The van der Waals surface area contributed by atoms with E-state index >= 15 is 0 Å². The van der Waals surface area contributed by atoms with Crippen LogP contribution in [0.3, 0.4) is 0 Å². The Hall–Kier alpha value is -1.22. The number of nitrogens with two attached hydrogens (primary N) is 1. The molecule has 1 aromatic heterocycles. The summed E-state index contributed by atoms with van der Waals surface area (Å²) in [5.41, 5.74) is 7.88. The first kappa shape index (κ1) is 12.8. The molecule has 0 saturated heterocycles. The largest absolute Gasteiger partial charge is 0.369 e. The van der Waals surface area contributed by atoms with Crippen LogP contribution in [0.2, 0.25) is 5.02 Å². The molecule has 2 aromatic rings. The molecule has 0 unspecified atom stereocenters. The van der Waals surface area contributed by atoms with Crippen LogP contribution in [0.4, 0.5) is 5.95 Å². The monoisotopic (exact) mass is 277 g/mol. The number of para-hydroxylation sites is 1. The zero-order valence-electron chi connectivity index (χ0n) is 11.1. The highest BCUT2D eigenvalue weighted by Crippen LogP contribution is 2.30. The van der Waals surface area contributed by atoms with Crippen molar-refractivity contribution in [3.05, 3.63) is 23.2 Å². The molecule has 1 aliphatic rings. The second-order valence-corrected chi connectivity index (χ2v) is 5.93. The zero-order valence-corrected chi connectivity index (χ0v) is 11.9. The molecule has 3 rings (SSSR count). The third-order valence-corrected chi connectivity index (χ3v) is 4.53. The predicted molar refractivity (Wildman–Crippen MR) is 80.3 cm³/mol. The highest BCUT2D eigenvalue weighted by molar-refractivity contribution is 6.35. The number of hydrogen-bond donors (Lipinski definition) is 1. The van der Waals surface area contributed by atoms with E-state index in [2.05, 4.69) is 9.55 Å². The number of aromatic nitrogens is 2. The van der Waals surface area contributed by atoms with Crippen molar-refractivity contribution in [2.45, 2.75) is 45.1 Å². The van der Waals surface area contributed by atoms with E-state index < -0.39 is 0 Å². The number of hydrogen-bond acceptors (Lipinski definition) is 2. The van der Waals surface area contributed by atoms with Gasteiger partial charge in [0.25, 0.3) is 0 Å². The standard InChI is InChI=1S/C15H20ClN3/c16-12-8-3-9-13-14(12)18-15(17)19(13)10-4-7-11-5-1-2-6-11/h3,8-9,11H,1-2,4-7,10H2,(H2,17,18). The van der Waals surface area contributed by atoms with Crippen LogP contribution in [0.15, 0.2) is 18.2 Å². The molecule has 0 amide bonds. The van der Waals surface area contributed by atoms with Crippen LogP contribution in [0.25, 0.3) is 11.0 Å². The lowest BCUT2D eigenvalue weighted by molar-refractivity contribution is 0.462. The van der Waals surface area contributed by atoms with Gasteiger partial charge in [-0.15, -0.1) is 0 Å². The fraction of sp³-hybridized carbons (Fsp3) is 0.533. The molecule has 0 aliphatic heterocycles. The molecule has 102 valence electrons. The van der Waals surface area contributed by atoms with Gasteiger partial charge >= 0.3 is 0 Å². The zero-order chi connectivity index (χ0) is 13.2. The molecule has 4 heteroatoms. The van der Waals surface area contributed by atoms with Crippen molar-refractivity contribution in [2.24, 2.45) is 5.92 Å². The molecular formula is C15H20ClN3. The summed E-state index contributed by atoms with van der Waals surface area (Å²) in [6, 6.07) is 5.86. The second kappa shape index (κ2) is 5.41. The van der Waals surface area contributed by atoms with Crippen LogP contribution in [-0.4, -0.2) is 9.55 Å². The van der Waals surface area contributed by atoms with Crippen LogP contribution >= 0.6 is 11.6 Å². The van der Waals surface area contributed by atoms with Crippen molar-refractivity contribution in [3.8, 4) is 0 Å². The number of aryl methyl sites for hydroxylation is 1. The Morgan fingerprint density at radius 3 is 2.89 bits per heavy atom. The van der Waals surface area contributed by atoms with Gasteiger partial charge in [0, 0.05) is 6.54 Å². The number of anilines is 1. The van der Waals surface area contributed by atoms with Crippen molar-refractivity contribution in [1.29, 1.82) is 0 Å². The van der Waals surface area contributed by atoms with Gasteiger partial charge < -0.3 is 10.3 Å². The second-order valence-electron chi connectivity index (χ2n) is 5.52. The lowest BCUT2D eigenvalue weighted by atomic mass is 10.0. The Morgan fingerprint density at radius 2 is 2.11 bits per heavy atom. The summed E-state index contributed by atoms with van der Waals surface area (Å²) in [5, 5.41) is 0.679. The van der Waals surface area contributed by atoms with Crippen LogP contribution < -0.4 is 5.73 Å². The molecule has 1 saturated carbocycles. The lowest BCUT2D eigenvalue weighted by Crippen LogP contribution is -2.05. The van der Waals surface area contributed by atoms with E-state index in [1.165, 1.54) is 38.5 Å². The minimum atomic E-state index is 0.578. The van der Waals surface area contributed by atoms with Crippen molar-refractivity contribution in [1.82, 2.24) is 9.55 Å². The number of imidazole rings is 1. The van der Waals surface area contributed by atoms with E-state index in [0.29, 0.717) is 11.0 Å². The molecular weight excluding hydrogens is 258 g/mol. The predicted octanol–water partition coefficient (Wildman–Crippen LogP) is 4.24. The Bertz CT molecular complexity index is 570. The average Bonchev–Trinajstić information content (AvgIpc) is 3.00. The van der Waals surface area contributed by atoms with Gasteiger partial charge in [-0.3, -0.25) is 0 Å². The topological polar surface area (TPSA) is 43.8 Å². The third-order valence-electron chi connectivity index (χ3n) is 4.23. The van der Waals surface area contributed by atoms with Crippen molar-refractivity contribution < 1.29 is 0 Å². The van der Waals surface area contributed by atoms with Crippen LogP contribution in [0.1, 0.15) is 38.5 Å². The maximum Gasteiger partial charge on any atom is 0.201 e. The number of benzene rings is 1. The van der Waals surface area contributed by atoms with Gasteiger partial charge in [-0.2, -0.15) is 0 Å². The quantitative estimate of drug-likeness (QED) is 0.908. The Balaban J connectivity index is 1.73. The Labute approximate surface area is 118 Å². The molecule has 0 bridgehead atoms. The summed E-state index contributed by atoms with van der Waals surface area (Å²) in [4.78, 5) is 4.37. The number of nitrogens with zero attached hydrogens (tertiary/aromatic N) is 2. The van der Waals surface area contributed by atoms with E-state index in [0.717, 1.165) is 23.5 Å². The van der Waals surface area contributed by atoms with E-state index in [9.17, 15) is 0 Å². The fourth-order valence-corrected chi connectivity index (χ4v) is 3.41. The summed E-state index contributed by atoms with van der Waals surface area (Å²) < 4.78 is 2.09. The van der Waals surface area contributed by atoms with E-state index in [1.807, 2.05) is 18.2 Å². The first-order chi connectivity index (χ1) is 9.25. The minimum absolute atomic E-state index is 0.578. The normalized spacial score (nSPS) is 16.5. The smallest absolute Gasteiger partial charge is 0.201 e. The summed E-state index contributed by atoms with van der Waals surface area (Å²) in [7, 11) is 0. The molecule has 1 heterocycles. The summed E-state index contributed by atoms with van der Waals surface area (Å²) in [6.45, 7) is 0.944. The maximum atomic E-state index is 6.15. The highest BCUT2D eigenvalue weighted by Gasteiger charge is 2.15. The van der Waals surface area contributed by atoms with Crippen LogP contribution in [0, 0.1) is 5.92 Å². The van der Waals surface area contributed by atoms with Crippen LogP contribution in [0.5, 0.6) is 0 Å². The summed E-state index contributed by atoms with van der Waals surface area (Å²) in [6.07, 6.45) is 8.12. The maximum absolute atomic E-state index is 6.15. The first-order valence-corrected chi connectivity index (χ1v) is 7.54. The Morgan fingerprint density at radius 1 is 1.32 bits per heavy atom. The van der Waals surface area contributed by atoms with Crippen LogP contribution in [-0.2, 0) is 6.54 Å². The van der Waals surface area contributed by atoms with Gasteiger partial charge in [0.2, 0.25) is 5.95 Å². The van der Waals surface area contributed by atoms with Gasteiger partial charge in [0.1, 0.15) is 5.52 Å². The fourth-order valence-electron chi connectivity index (χ4n) is 3.20. The first-order valence-electron chi connectivity index (χ1n) is 7.16. The summed E-state index contributed by atoms with van der Waals surface area (Å²) in [5.74, 6) is 1.51. The minimum Gasteiger partial charge on any atom is -0.369 e. The molecule has 1 fully saturated rings. The SMILES string of the molecule is Nc1nc2c(Cl)cccc2n1CCCC1CCCC1. The third kappa shape index (κ3) is 2.57. The molecule has 3 nitrogen and oxygen atoms in total. The average molecular weight is 278 g/mol.